The molecular formula is C20H23N3S. The van der Waals surface area contributed by atoms with Gasteiger partial charge in [0.05, 0.1) is 16.3 Å². The van der Waals surface area contributed by atoms with Crippen molar-refractivity contribution in [2.75, 3.05) is 6.54 Å². The lowest BCUT2D eigenvalue weighted by atomic mass is 9.87. The Hall–Kier alpha value is -1.91. The van der Waals surface area contributed by atoms with Gasteiger partial charge >= 0.3 is 0 Å². The quantitative estimate of drug-likeness (QED) is 0.744. The molecule has 1 aromatic carbocycles. The zero-order chi connectivity index (χ0) is 16.7. The summed E-state index contributed by atoms with van der Waals surface area (Å²) in [7, 11) is 0. The summed E-state index contributed by atoms with van der Waals surface area (Å²) in [4.78, 5) is 1.25. The van der Waals surface area contributed by atoms with E-state index in [0.29, 0.717) is 0 Å². The standard InChI is InChI=1S/C20H23N3S/c1-20(2,3)14-6-8-15(9-7-14)23-17-10-11-21-13-16(17)19(22-23)18-5-4-12-24-18/h4-9,12,21H,10-11,13H2,1-3H3. The molecule has 3 heterocycles. The number of fused-ring (bicyclic) bond motifs is 1. The van der Waals surface area contributed by atoms with Gasteiger partial charge in [-0.05, 0) is 34.6 Å². The topological polar surface area (TPSA) is 29.9 Å². The van der Waals surface area contributed by atoms with Gasteiger partial charge in [-0.2, -0.15) is 5.10 Å². The van der Waals surface area contributed by atoms with Crippen LogP contribution in [-0.2, 0) is 18.4 Å². The van der Waals surface area contributed by atoms with Crippen LogP contribution in [0.4, 0.5) is 0 Å². The third-order valence-electron chi connectivity index (χ3n) is 4.66. The summed E-state index contributed by atoms with van der Waals surface area (Å²) in [5, 5.41) is 10.6. The van der Waals surface area contributed by atoms with Crippen LogP contribution in [0, 0.1) is 0 Å². The zero-order valence-electron chi connectivity index (χ0n) is 14.5. The summed E-state index contributed by atoms with van der Waals surface area (Å²) in [6, 6.07) is 13.1. The smallest absolute Gasteiger partial charge is 0.107 e. The number of benzene rings is 1. The molecule has 1 aliphatic rings. The Morgan fingerprint density at radius 2 is 1.92 bits per heavy atom. The lowest BCUT2D eigenvalue weighted by molar-refractivity contribution is 0.589. The average molecular weight is 337 g/mol. The maximum atomic E-state index is 4.98. The molecule has 0 aliphatic carbocycles. The molecule has 0 radical (unpaired) electrons. The van der Waals surface area contributed by atoms with E-state index in [2.05, 4.69) is 72.5 Å². The molecule has 0 unspecified atom stereocenters. The van der Waals surface area contributed by atoms with Crippen LogP contribution in [0.2, 0.25) is 0 Å². The molecule has 0 saturated carbocycles. The molecule has 0 atom stereocenters. The lowest BCUT2D eigenvalue weighted by Gasteiger charge is -2.20. The molecule has 4 heteroatoms. The van der Waals surface area contributed by atoms with Gasteiger partial charge in [-0.1, -0.05) is 39.0 Å². The van der Waals surface area contributed by atoms with Gasteiger partial charge in [0.1, 0.15) is 5.69 Å². The van der Waals surface area contributed by atoms with Crippen molar-refractivity contribution in [3.63, 3.8) is 0 Å². The van der Waals surface area contributed by atoms with Gasteiger partial charge < -0.3 is 5.32 Å². The van der Waals surface area contributed by atoms with Gasteiger partial charge in [0.25, 0.3) is 0 Å². The first-order chi connectivity index (χ1) is 11.5. The van der Waals surface area contributed by atoms with Crippen molar-refractivity contribution in [2.45, 2.75) is 39.2 Å². The molecular weight excluding hydrogens is 314 g/mol. The van der Waals surface area contributed by atoms with Crippen molar-refractivity contribution in [2.24, 2.45) is 0 Å². The minimum atomic E-state index is 0.175. The van der Waals surface area contributed by atoms with E-state index in [1.165, 1.54) is 21.7 Å². The molecule has 24 heavy (non-hydrogen) atoms. The Balaban J connectivity index is 1.81. The Morgan fingerprint density at radius 1 is 1.12 bits per heavy atom. The molecule has 0 amide bonds. The molecule has 3 aromatic rings. The van der Waals surface area contributed by atoms with Crippen LogP contribution in [0.5, 0.6) is 0 Å². The Labute approximate surface area is 147 Å². The number of hydrogen-bond acceptors (Lipinski definition) is 3. The number of rotatable bonds is 2. The molecule has 0 fully saturated rings. The van der Waals surface area contributed by atoms with Crippen molar-refractivity contribution < 1.29 is 0 Å². The minimum absolute atomic E-state index is 0.175. The molecule has 2 aromatic heterocycles. The van der Waals surface area contributed by atoms with E-state index in [1.54, 1.807) is 11.3 Å². The highest BCUT2D eigenvalue weighted by molar-refractivity contribution is 7.13. The molecule has 0 saturated heterocycles. The second kappa shape index (κ2) is 5.87. The first-order valence-electron chi connectivity index (χ1n) is 8.50. The lowest BCUT2D eigenvalue weighted by Crippen LogP contribution is -2.24. The first-order valence-corrected chi connectivity index (χ1v) is 9.38. The van der Waals surface area contributed by atoms with Crippen molar-refractivity contribution >= 4 is 11.3 Å². The van der Waals surface area contributed by atoms with E-state index in [9.17, 15) is 0 Å². The monoisotopic (exact) mass is 337 g/mol. The average Bonchev–Trinajstić information content (AvgIpc) is 3.21. The molecule has 1 aliphatic heterocycles. The normalized spacial score (nSPS) is 14.6. The van der Waals surface area contributed by atoms with Crippen LogP contribution in [0.3, 0.4) is 0 Å². The molecule has 124 valence electrons. The van der Waals surface area contributed by atoms with E-state index in [1.807, 2.05) is 0 Å². The summed E-state index contributed by atoms with van der Waals surface area (Å²) < 4.78 is 2.15. The molecule has 1 N–H and O–H groups in total. The maximum Gasteiger partial charge on any atom is 0.107 e. The largest absolute Gasteiger partial charge is 0.312 e. The van der Waals surface area contributed by atoms with Crippen molar-refractivity contribution in [3.05, 3.63) is 58.6 Å². The van der Waals surface area contributed by atoms with E-state index in [0.717, 1.165) is 30.9 Å². The number of hydrogen-bond donors (Lipinski definition) is 1. The van der Waals surface area contributed by atoms with E-state index in [-0.39, 0.29) is 5.41 Å². The minimum Gasteiger partial charge on any atom is -0.312 e. The van der Waals surface area contributed by atoms with Gasteiger partial charge in [-0.15, -0.1) is 11.3 Å². The maximum absolute atomic E-state index is 4.98. The fraction of sp³-hybridized carbons (Fsp3) is 0.350. The van der Waals surface area contributed by atoms with E-state index in [4.69, 9.17) is 5.10 Å². The summed E-state index contributed by atoms with van der Waals surface area (Å²) in [6.07, 6.45) is 1.02. The third-order valence-corrected chi connectivity index (χ3v) is 5.54. The van der Waals surface area contributed by atoms with Crippen LogP contribution in [0.25, 0.3) is 16.3 Å². The van der Waals surface area contributed by atoms with Gasteiger partial charge in [-0.25, -0.2) is 4.68 Å². The summed E-state index contributed by atoms with van der Waals surface area (Å²) in [5.74, 6) is 0. The van der Waals surface area contributed by atoms with E-state index >= 15 is 0 Å². The highest BCUT2D eigenvalue weighted by atomic mass is 32.1. The van der Waals surface area contributed by atoms with Crippen molar-refractivity contribution in [3.8, 4) is 16.3 Å². The summed E-state index contributed by atoms with van der Waals surface area (Å²) in [5.41, 5.74) is 6.52. The van der Waals surface area contributed by atoms with Crippen LogP contribution in [0.15, 0.2) is 41.8 Å². The van der Waals surface area contributed by atoms with Crippen molar-refractivity contribution in [1.29, 1.82) is 0 Å². The number of aromatic nitrogens is 2. The highest BCUT2D eigenvalue weighted by Crippen LogP contribution is 2.32. The SMILES string of the molecule is CC(C)(C)c1ccc(-n2nc(-c3cccs3)c3c2CCNC3)cc1. The second-order valence-electron chi connectivity index (χ2n) is 7.39. The molecule has 3 nitrogen and oxygen atoms in total. The predicted molar refractivity (Wildman–Crippen MR) is 101 cm³/mol. The molecule has 0 spiro atoms. The van der Waals surface area contributed by atoms with Gasteiger partial charge in [0.2, 0.25) is 0 Å². The Bertz CT molecular complexity index is 836. The first kappa shape index (κ1) is 15.6. The number of nitrogens with zero attached hydrogens (tertiary/aromatic N) is 2. The Morgan fingerprint density at radius 3 is 2.58 bits per heavy atom. The van der Waals surface area contributed by atoms with Gasteiger partial charge in [-0.3, -0.25) is 0 Å². The zero-order valence-corrected chi connectivity index (χ0v) is 15.3. The Kier molecular flexibility index (Phi) is 3.82. The van der Waals surface area contributed by atoms with Crippen LogP contribution in [0.1, 0.15) is 37.6 Å². The number of nitrogens with one attached hydrogen (secondary N) is 1. The van der Waals surface area contributed by atoms with Crippen molar-refractivity contribution in [1.82, 2.24) is 15.1 Å². The van der Waals surface area contributed by atoms with Gasteiger partial charge in [0.15, 0.2) is 0 Å². The third kappa shape index (κ3) is 2.70. The van der Waals surface area contributed by atoms with Crippen LogP contribution >= 0.6 is 11.3 Å². The van der Waals surface area contributed by atoms with Gasteiger partial charge in [0, 0.05) is 25.1 Å². The second-order valence-corrected chi connectivity index (χ2v) is 8.33. The fourth-order valence-corrected chi connectivity index (χ4v) is 4.01. The predicted octanol–water partition coefficient (Wildman–Crippen LogP) is 4.54. The molecule has 0 bridgehead atoms. The molecule has 4 rings (SSSR count). The van der Waals surface area contributed by atoms with Crippen LogP contribution in [-0.4, -0.2) is 16.3 Å². The summed E-state index contributed by atoms with van der Waals surface area (Å²) >= 11 is 1.76. The van der Waals surface area contributed by atoms with E-state index < -0.39 is 0 Å². The highest BCUT2D eigenvalue weighted by Gasteiger charge is 2.23. The number of thiophene rings is 1. The summed E-state index contributed by atoms with van der Waals surface area (Å²) in [6.45, 7) is 8.67. The van der Waals surface area contributed by atoms with Crippen LogP contribution < -0.4 is 5.32 Å². The fourth-order valence-electron chi connectivity index (χ4n) is 3.28.